The van der Waals surface area contributed by atoms with Crippen LogP contribution in [-0.2, 0) is 0 Å². The van der Waals surface area contributed by atoms with Crippen molar-refractivity contribution in [1.82, 2.24) is 9.88 Å². The van der Waals surface area contributed by atoms with E-state index in [1.165, 1.54) is 4.90 Å². The monoisotopic (exact) mass is 411 g/mol. The quantitative estimate of drug-likeness (QED) is 0.645. The van der Waals surface area contributed by atoms with E-state index in [-0.39, 0.29) is 24.9 Å². The van der Waals surface area contributed by atoms with Crippen molar-refractivity contribution in [3.05, 3.63) is 66.4 Å². The van der Waals surface area contributed by atoms with Gasteiger partial charge in [-0.3, -0.25) is 4.79 Å². The van der Waals surface area contributed by atoms with Crippen LogP contribution in [-0.4, -0.2) is 55.0 Å². The first-order valence-electron chi connectivity index (χ1n) is 9.80. The number of para-hydroxylation sites is 1. The summed E-state index contributed by atoms with van der Waals surface area (Å²) in [6.07, 6.45) is -0.321. The van der Waals surface area contributed by atoms with E-state index in [2.05, 4.69) is 4.98 Å². The van der Waals surface area contributed by atoms with Crippen LogP contribution in [0, 0.1) is 0 Å². The molecule has 0 spiro atoms. The molecule has 0 saturated carbocycles. The lowest BCUT2D eigenvalue weighted by molar-refractivity contribution is -0.131. The Morgan fingerprint density at radius 2 is 1.83 bits per heavy atom. The van der Waals surface area contributed by atoms with E-state index >= 15 is 0 Å². The molecule has 0 aliphatic carbocycles. The Morgan fingerprint density at radius 1 is 1.13 bits per heavy atom. The van der Waals surface area contributed by atoms with Gasteiger partial charge in [-0.05, 0) is 17.5 Å². The summed E-state index contributed by atoms with van der Waals surface area (Å²) in [5.74, 6) is -3.21. The van der Waals surface area contributed by atoms with Gasteiger partial charge in [0, 0.05) is 50.4 Å². The first-order valence-corrected chi connectivity index (χ1v) is 9.80. The van der Waals surface area contributed by atoms with Crippen LogP contribution in [0.5, 0.6) is 5.88 Å². The highest BCUT2D eigenvalue weighted by atomic mass is 19.3. The maximum Gasteiger partial charge on any atom is 0.287 e. The van der Waals surface area contributed by atoms with Gasteiger partial charge in [-0.15, -0.1) is 0 Å². The zero-order chi connectivity index (χ0) is 21.3. The molecule has 2 aromatic carbocycles. The van der Waals surface area contributed by atoms with Crippen LogP contribution in [0.3, 0.4) is 0 Å². The van der Waals surface area contributed by atoms with E-state index in [1.54, 1.807) is 24.4 Å². The van der Waals surface area contributed by atoms with Gasteiger partial charge in [-0.25, -0.2) is 13.8 Å². The van der Waals surface area contributed by atoms with Gasteiger partial charge in [-0.2, -0.15) is 0 Å². The maximum absolute atomic E-state index is 14.6. The molecule has 5 nitrogen and oxygen atoms in total. The number of hydrogen-bond acceptors (Lipinski definition) is 4. The Kier molecular flexibility index (Phi) is 5.28. The van der Waals surface area contributed by atoms with Crippen molar-refractivity contribution in [2.24, 2.45) is 0 Å². The van der Waals surface area contributed by atoms with Crippen molar-refractivity contribution in [2.75, 3.05) is 32.1 Å². The number of likely N-dealkylation sites (tertiary alicyclic amines) is 1. The molecule has 0 N–H and O–H groups in total. The minimum atomic E-state index is -3.05. The number of pyridine rings is 1. The van der Waals surface area contributed by atoms with Crippen LogP contribution in [0.2, 0.25) is 0 Å². The van der Waals surface area contributed by atoms with Gasteiger partial charge in [0.15, 0.2) is 6.10 Å². The molecular weight excluding hydrogens is 388 g/mol. The van der Waals surface area contributed by atoms with Crippen molar-refractivity contribution in [3.8, 4) is 5.88 Å². The fraction of sp³-hybridized carbons (Fsp3) is 0.304. The summed E-state index contributed by atoms with van der Waals surface area (Å²) in [6, 6.07) is 16.3. The van der Waals surface area contributed by atoms with Crippen LogP contribution < -0.4 is 9.64 Å². The number of carbonyl (C=O) groups is 1. The van der Waals surface area contributed by atoms with Crippen molar-refractivity contribution >= 4 is 22.4 Å². The molecule has 156 valence electrons. The zero-order valence-corrected chi connectivity index (χ0v) is 16.9. The second kappa shape index (κ2) is 7.89. The number of piperidine rings is 1. The maximum atomic E-state index is 14.6. The first kappa shape index (κ1) is 20.1. The number of fused-ring (bicyclic) bond motifs is 1. The third-order valence-electron chi connectivity index (χ3n) is 5.34. The molecular formula is C23H23F2N3O2. The minimum Gasteiger partial charge on any atom is -0.466 e. The summed E-state index contributed by atoms with van der Waals surface area (Å²) in [5.41, 5.74) is 1.23. The second-order valence-corrected chi connectivity index (χ2v) is 7.65. The van der Waals surface area contributed by atoms with Gasteiger partial charge < -0.3 is 14.5 Å². The van der Waals surface area contributed by atoms with E-state index in [1.807, 2.05) is 55.4 Å². The number of benzene rings is 2. The van der Waals surface area contributed by atoms with Crippen molar-refractivity contribution < 1.29 is 18.3 Å². The molecule has 1 aliphatic rings. The number of alkyl halides is 2. The second-order valence-electron chi connectivity index (χ2n) is 7.65. The first-order chi connectivity index (χ1) is 14.3. The SMILES string of the molecule is CN(C)c1ccccc1C(=O)N1CCC(F)(F)C(Oc2cc3ccccc3cn2)C1. The fourth-order valence-corrected chi connectivity index (χ4v) is 3.67. The molecule has 1 atom stereocenters. The number of aromatic nitrogens is 1. The lowest BCUT2D eigenvalue weighted by Crippen LogP contribution is -2.55. The third kappa shape index (κ3) is 3.92. The molecule has 3 aromatic rings. The topological polar surface area (TPSA) is 45.7 Å². The Labute approximate surface area is 173 Å². The predicted octanol–water partition coefficient (Wildman–Crippen LogP) is 4.23. The molecule has 1 fully saturated rings. The van der Waals surface area contributed by atoms with E-state index in [4.69, 9.17) is 4.74 Å². The number of carbonyl (C=O) groups excluding carboxylic acids is 1. The van der Waals surface area contributed by atoms with Gasteiger partial charge in [0.25, 0.3) is 11.8 Å². The predicted molar refractivity (Wildman–Crippen MR) is 112 cm³/mol. The number of rotatable bonds is 4. The lowest BCUT2D eigenvalue weighted by Gasteiger charge is -2.38. The van der Waals surface area contributed by atoms with Gasteiger partial charge in [0.1, 0.15) is 0 Å². The molecule has 1 aromatic heterocycles. The van der Waals surface area contributed by atoms with Crippen molar-refractivity contribution in [3.63, 3.8) is 0 Å². The van der Waals surface area contributed by atoms with Gasteiger partial charge in [-0.1, -0.05) is 36.4 Å². The molecule has 30 heavy (non-hydrogen) atoms. The van der Waals surface area contributed by atoms with Gasteiger partial charge >= 0.3 is 0 Å². The van der Waals surface area contributed by atoms with Crippen LogP contribution in [0.1, 0.15) is 16.8 Å². The number of nitrogens with zero attached hydrogens (tertiary/aromatic N) is 3. The van der Waals surface area contributed by atoms with E-state index < -0.39 is 18.4 Å². The van der Waals surface area contributed by atoms with Gasteiger partial charge in [0.2, 0.25) is 5.88 Å². The number of anilines is 1. The number of hydrogen-bond donors (Lipinski definition) is 0. The highest BCUT2D eigenvalue weighted by Crippen LogP contribution is 2.33. The zero-order valence-electron chi connectivity index (χ0n) is 16.9. The summed E-state index contributed by atoms with van der Waals surface area (Å²) >= 11 is 0. The Hall–Kier alpha value is -3.22. The average Bonchev–Trinajstić information content (AvgIpc) is 2.74. The molecule has 2 heterocycles. The summed E-state index contributed by atoms with van der Waals surface area (Å²) in [7, 11) is 3.68. The Morgan fingerprint density at radius 3 is 2.60 bits per heavy atom. The van der Waals surface area contributed by atoms with Crippen LogP contribution in [0.15, 0.2) is 60.8 Å². The van der Waals surface area contributed by atoms with Crippen LogP contribution in [0.4, 0.5) is 14.5 Å². The summed E-state index contributed by atoms with van der Waals surface area (Å²) in [5, 5.41) is 1.76. The van der Waals surface area contributed by atoms with Crippen molar-refractivity contribution in [1.29, 1.82) is 0 Å². The number of halogens is 2. The standard InChI is InChI=1S/C23H23F2N3O2/c1-27(2)19-10-6-5-9-18(19)22(29)28-12-11-23(24,25)20(15-28)30-21-13-16-7-3-4-8-17(16)14-26-21/h3-10,13-14,20H,11-12,15H2,1-2H3. The Balaban J connectivity index is 1.56. The molecule has 1 amide bonds. The molecule has 4 rings (SSSR count). The molecule has 1 aliphatic heterocycles. The van der Waals surface area contributed by atoms with Gasteiger partial charge in [0.05, 0.1) is 12.1 Å². The van der Waals surface area contributed by atoms with Crippen LogP contribution in [0.25, 0.3) is 10.8 Å². The minimum absolute atomic E-state index is 0.0292. The van der Waals surface area contributed by atoms with E-state index in [0.29, 0.717) is 5.56 Å². The highest BCUT2D eigenvalue weighted by molar-refractivity contribution is 5.99. The largest absolute Gasteiger partial charge is 0.466 e. The molecule has 1 saturated heterocycles. The highest BCUT2D eigenvalue weighted by Gasteiger charge is 2.47. The number of ether oxygens (including phenoxy) is 1. The molecule has 1 unspecified atom stereocenters. The average molecular weight is 411 g/mol. The number of amides is 1. The van der Waals surface area contributed by atoms with Crippen LogP contribution >= 0.6 is 0 Å². The fourth-order valence-electron chi connectivity index (χ4n) is 3.67. The van der Waals surface area contributed by atoms with Crippen molar-refractivity contribution in [2.45, 2.75) is 18.4 Å². The Bertz CT molecular complexity index is 1070. The summed E-state index contributed by atoms with van der Waals surface area (Å²) in [6.45, 7) is -0.235. The summed E-state index contributed by atoms with van der Waals surface area (Å²) < 4.78 is 34.8. The molecule has 7 heteroatoms. The molecule has 0 bridgehead atoms. The smallest absolute Gasteiger partial charge is 0.287 e. The lowest BCUT2D eigenvalue weighted by atomic mass is 10.0. The third-order valence-corrected chi connectivity index (χ3v) is 5.34. The van der Waals surface area contributed by atoms with E-state index in [0.717, 1.165) is 16.5 Å². The normalized spacial score (nSPS) is 18.3. The summed E-state index contributed by atoms with van der Waals surface area (Å²) in [4.78, 5) is 20.5. The molecule has 0 radical (unpaired) electrons. The van der Waals surface area contributed by atoms with E-state index in [9.17, 15) is 13.6 Å².